The molecule has 0 aromatic carbocycles. The van der Waals surface area contributed by atoms with E-state index in [1.165, 1.54) is 6.42 Å². The lowest BCUT2D eigenvalue weighted by Gasteiger charge is -2.40. The van der Waals surface area contributed by atoms with Gasteiger partial charge in [-0.15, -0.1) is 0 Å². The quantitative estimate of drug-likeness (QED) is 0.604. The van der Waals surface area contributed by atoms with Crippen LogP contribution in [0, 0.1) is 5.92 Å². The minimum absolute atomic E-state index is 0.247. The molecular formula is C9H18O2. The van der Waals surface area contributed by atoms with E-state index in [9.17, 15) is 10.2 Å². The second-order valence-electron chi connectivity index (χ2n) is 3.81. The lowest BCUT2D eigenvalue weighted by molar-refractivity contribution is -0.121. The Hall–Kier alpha value is -0.0800. The highest BCUT2D eigenvalue weighted by Gasteiger charge is 2.39. The molecule has 1 unspecified atom stereocenters. The van der Waals surface area contributed by atoms with E-state index >= 15 is 0 Å². The van der Waals surface area contributed by atoms with Gasteiger partial charge < -0.3 is 10.2 Å². The number of aliphatic hydroxyl groups excluding tert-OH is 1. The van der Waals surface area contributed by atoms with Crippen molar-refractivity contribution in [1.82, 2.24) is 0 Å². The van der Waals surface area contributed by atoms with Gasteiger partial charge in [-0.2, -0.15) is 0 Å². The third-order valence-corrected chi connectivity index (χ3v) is 3.04. The molecule has 0 bridgehead atoms. The average molecular weight is 158 g/mol. The van der Waals surface area contributed by atoms with Crippen LogP contribution in [0.3, 0.4) is 0 Å². The van der Waals surface area contributed by atoms with Gasteiger partial charge in [-0.25, -0.2) is 0 Å². The second kappa shape index (κ2) is 3.11. The molecule has 0 heterocycles. The Kier molecular flexibility index (Phi) is 2.55. The van der Waals surface area contributed by atoms with Gasteiger partial charge in [0, 0.05) is 0 Å². The molecule has 0 aromatic heterocycles. The molecule has 11 heavy (non-hydrogen) atoms. The molecule has 0 aromatic rings. The third kappa shape index (κ3) is 1.57. The fourth-order valence-corrected chi connectivity index (χ4v) is 1.98. The molecule has 0 amide bonds. The van der Waals surface area contributed by atoms with Crippen molar-refractivity contribution in [3.05, 3.63) is 0 Å². The van der Waals surface area contributed by atoms with Crippen LogP contribution < -0.4 is 0 Å². The van der Waals surface area contributed by atoms with Crippen LogP contribution in [-0.2, 0) is 0 Å². The SMILES string of the molecule is CC(O)[C@@]1(O)CCCC[C@@H]1C. The predicted octanol–water partition coefficient (Wildman–Crippen LogP) is 1.31. The molecule has 1 aliphatic carbocycles. The third-order valence-electron chi connectivity index (χ3n) is 3.04. The first kappa shape index (κ1) is 9.01. The zero-order chi connectivity index (χ0) is 8.48. The fourth-order valence-electron chi connectivity index (χ4n) is 1.98. The van der Waals surface area contributed by atoms with Gasteiger partial charge in [-0.1, -0.05) is 19.8 Å². The Labute approximate surface area is 68.2 Å². The lowest BCUT2D eigenvalue weighted by atomic mass is 9.73. The Morgan fingerprint density at radius 2 is 2.09 bits per heavy atom. The van der Waals surface area contributed by atoms with Gasteiger partial charge in [0.1, 0.15) is 0 Å². The maximum Gasteiger partial charge on any atom is 0.0928 e. The summed E-state index contributed by atoms with van der Waals surface area (Å²) in [5.74, 6) is 0.247. The van der Waals surface area contributed by atoms with Gasteiger partial charge in [0.25, 0.3) is 0 Å². The molecule has 1 saturated carbocycles. The molecule has 3 atom stereocenters. The summed E-state index contributed by atoms with van der Waals surface area (Å²) < 4.78 is 0. The molecule has 2 nitrogen and oxygen atoms in total. The van der Waals surface area contributed by atoms with Crippen LogP contribution in [-0.4, -0.2) is 21.9 Å². The summed E-state index contributed by atoms with van der Waals surface area (Å²) in [5.41, 5.74) is -0.807. The first-order valence-corrected chi connectivity index (χ1v) is 4.48. The van der Waals surface area contributed by atoms with Crippen LogP contribution in [0.4, 0.5) is 0 Å². The number of hydrogen-bond acceptors (Lipinski definition) is 2. The topological polar surface area (TPSA) is 40.5 Å². The molecule has 2 heteroatoms. The summed E-state index contributed by atoms with van der Waals surface area (Å²) in [4.78, 5) is 0. The number of hydrogen-bond donors (Lipinski definition) is 2. The second-order valence-corrected chi connectivity index (χ2v) is 3.81. The van der Waals surface area contributed by atoms with Crippen LogP contribution in [0.5, 0.6) is 0 Å². The van der Waals surface area contributed by atoms with E-state index in [1.807, 2.05) is 6.92 Å². The minimum Gasteiger partial charge on any atom is -0.390 e. The zero-order valence-electron chi connectivity index (χ0n) is 7.38. The number of aliphatic hydroxyl groups is 2. The van der Waals surface area contributed by atoms with Crippen molar-refractivity contribution in [2.75, 3.05) is 0 Å². The Balaban J connectivity index is 2.64. The molecule has 1 rings (SSSR count). The highest BCUT2D eigenvalue weighted by Crippen LogP contribution is 2.35. The summed E-state index contributed by atoms with van der Waals surface area (Å²) in [6, 6.07) is 0. The normalized spacial score (nSPS) is 42.0. The van der Waals surface area contributed by atoms with Gasteiger partial charge in [0.15, 0.2) is 0 Å². The number of rotatable bonds is 1. The molecule has 66 valence electrons. The smallest absolute Gasteiger partial charge is 0.0928 e. The van der Waals surface area contributed by atoms with Gasteiger partial charge in [0.05, 0.1) is 11.7 Å². The van der Waals surface area contributed by atoms with E-state index < -0.39 is 11.7 Å². The van der Waals surface area contributed by atoms with Crippen LogP contribution in [0.25, 0.3) is 0 Å². The van der Waals surface area contributed by atoms with Crippen molar-refractivity contribution in [3.8, 4) is 0 Å². The molecule has 0 radical (unpaired) electrons. The van der Waals surface area contributed by atoms with Crippen molar-refractivity contribution in [2.45, 2.75) is 51.2 Å². The Bertz CT molecular complexity index is 134. The van der Waals surface area contributed by atoms with E-state index in [0.717, 1.165) is 19.3 Å². The van der Waals surface area contributed by atoms with Gasteiger partial charge >= 0.3 is 0 Å². The van der Waals surface area contributed by atoms with E-state index in [4.69, 9.17) is 0 Å². The van der Waals surface area contributed by atoms with Crippen molar-refractivity contribution in [1.29, 1.82) is 0 Å². The summed E-state index contributed by atoms with van der Waals surface area (Å²) in [5, 5.41) is 19.3. The summed E-state index contributed by atoms with van der Waals surface area (Å²) >= 11 is 0. The minimum atomic E-state index is -0.807. The lowest BCUT2D eigenvalue weighted by Crippen LogP contribution is -2.48. The summed E-state index contributed by atoms with van der Waals surface area (Å²) in [6.45, 7) is 3.70. The van der Waals surface area contributed by atoms with Crippen molar-refractivity contribution in [3.63, 3.8) is 0 Å². The summed E-state index contributed by atoms with van der Waals surface area (Å²) in [6.07, 6.45) is 3.45. The van der Waals surface area contributed by atoms with Crippen LogP contribution in [0.1, 0.15) is 39.5 Å². The molecule has 0 aliphatic heterocycles. The predicted molar refractivity (Wildman–Crippen MR) is 44.3 cm³/mol. The van der Waals surface area contributed by atoms with E-state index in [2.05, 4.69) is 0 Å². The van der Waals surface area contributed by atoms with Gasteiger partial charge in [-0.3, -0.25) is 0 Å². The maximum atomic E-state index is 9.97. The van der Waals surface area contributed by atoms with E-state index in [1.54, 1.807) is 6.92 Å². The largest absolute Gasteiger partial charge is 0.390 e. The first-order valence-electron chi connectivity index (χ1n) is 4.48. The summed E-state index contributed by atoms with van der Waals surface area (Å²) in [7, 11) is 0. The van der Waals surface area contributed by atoms with Gasteiger partial charge in [0.2, 0.25) is 0 Å². The molecule has 0 spiro atoms. The standard InChI is InChI=1S/C9H18O2/c1-7-5-3-4-6-9(7,11)8(2)10/h7-8,10-11H,3-6H2,1-2H3/t7-,8?,9+/m0/s1. The highest BCUT2D eigenvalue weighted by atomic mass is 16.3. The van der Waals surface area contributed by atoms with E-state index in [-0.39, 0.29) is 5.92 Å². The van der Waals surface area contributed by atoms with Crippen LogP contribution in [0.2, 0.25) is 0 Å². The first-order chi connectivity index (χ1) is 5.07. The highest BCUT2D eigenvalue weighted by molar-refractivity contribution is 4.91. The fraction of sp³-hybridized carbons (Fsp3) is 1.00. The van der Waals surface area contributed by atoms with E-state index in [0.29, 0.717) is 0 Å². The Morgan fingerprint density at radius 1 is 1.45 bits per heavy atom. The molecule has 1 aliphatic rings. The maximum absolute atomic E-state index is 9.97. The van der Waals surface area contributed by atoms with Crippen molar-refractivity contribution >= 4 is 0 Å². The van der Waals surface area contributed by atoms with Gasteiger partial charge in [-0.05, 0) is 25.7 Å². The average Bonchev–Trinajstić information content (AvgIpc) is 1.95. The Morgan fingerprint density at radius 3 is 2.45 bits per heavy atom. The molecule has 1 fully saturated rings. The van der Waals surface area contributed by atoms with Crippen LogP contribution >= 0.6 is 0 Å². The molecule has 2 N–H and O–H groups in total. The van der Waals surface area contributed by atoms with Crippen molar-refractivity contribution in [2.24, 2.45) is 5.92 Å². The molecule has 0 saturated heterocycles. The van der Waals surface area contributed by atoms with Crippen molar-refractivity contribution < 1.29 is 10.2 Å². The van der Waals surface area contributed by atoms with Crippen LogP contribution in [0.15, 0.2) is 0 Å². The molecular weight excluding hydrogens is 140 g/mol. The monoisotopic (exact) mass is 158 g/mol. The zero-order valence-corrected chi connectivity index (χ0v) is 7.38.